The minimum atomic E-state index is -0.747. The van der Waals surface area contributed by atoms with E-state index in [1.54, 1.807) is 12.1 Å². The van der Waals surface area contributed by atoms with E-state index >= 15 is 0 Å². The monoisotopic (exact) mass is 249 g/mol. The SMILES string of the molecule is Cc1ccc(N2NOC(=O)/C2=C(/N=O)NN)cc1. The molecule has 1 aromatic carbocycles. The van der Waals surface area contributed by atoms with Gasteiger partial charge in [-0.1, -0.05) is 23.3 Å². The van der Waals surface area contributed by atoms with E-state index in [1.165, 1.54) is 5.01 Å². The number of carbonyl (C=O) groups excluding carboxylic acids is 1. The molecule has 4 N–H and O–H groups in total. The first-order valence-electron chi connectivity index (χ1n) is 5.05. The van der Waals surface area contributed by atoms with E-state index in [4.69, 9.17) is 5.84 Å². The molecule has 0 saturated carbocycles. The van der Waals surface area contributed by atoms with Crippen LogP contribution in [-0.4, -0.2) is 5.97 Å². The quantitative estimate of drug-likeness (QED) is 0.303. The van der Waals surface area contributed by atoms with Crippen LogP contribution in [0.2, 0.25) is 0 Å². The Bertz CT molecular complexity index is 511. The fourth-order valence-corrected chi connectivity index (χ4v) is 1.49. The molecule has 0 aromatic heterocycles. The van der Waals surface area contributed by atoms with Crippen molar-refractivity contribution in [3.8, 4) is 0 Å². The molecule has 8 heteroatoms. The summed E-state index contributed by atoms with van der Waals surface area (Å²) in [5.41, 5.74) is 5.99. The van der Waals surface area contributed by atoms with E-state index in [0.29, 0.717) is 5.69 Å². The van der Waals surface area contributed by atoms with Crippen LogP contribution in [0.25, 0.3) is 0 Å². The third kappa shape index (κ3) is 2.01. The fourth-order valence-electron chi connectivity index (χ4n) is 1.49. The van der Waals surface area contributed by atoms with Crippen LogP contribution in [-0.2, 0) is 9.63 Å². The molecular weight excluding hydrogens is 238 g/mol. The molecule has 0 unspecified atom stereocenters. The largest absolute Gasteiger partial charge is 0.380 e. The van der Waals surface area contributed by atoms with Crippen LogP contribution in [0.5, 0.6) is 0 Å². The number of aryl methyl sites for hydroxylation is 1. The van der Waals surface area contributed by atoms with Gasteiger partial charge in [0, 0.05) is 0 Å². The molecular formula is C10H11N5O3. The number of nitroso groups, excluding NO2 is 1. The predicted octanol–water partition coefficient (Wildman–Crippen LogP) is 0.177. The zero-order valence-electron chi connectivity index (χ0n) is 9.51. The molecule has 0 aliphatic carbocycles. The second-order valence-corrected chi connectivity index (χ2v) is 3.58. The molecule has 1 heterocycles. The molecule has 0 amide bonds. The van der Waals surface area contributed by atoms with Gasteiger partial charge in [0.15, 0.2) is 5.70 Å². The number of nitrogens with one attached hydrogen (secondary N) is 2. The standard InChI is InChI=1S/C10H11N5O3/c1-6-2-4-7(5-3-6)15-8(9(12-11)13-17)10(16)18-14-15/h2-5,12,14H,11H2,1H3/b9-8-. The molecule has 8 nitrogen and oxygen atoms in total. The molecule has 18 heavy (non-hydrogen) atoms. The van der Waals surface area contributed by atoms with Crippen molar-refractivity contribution in [1.82, 2.24) is 11.0 Å². The number of carbonyl (C=O) groups is 1. The third-order valence-electron chi connectivity index (χ3n) is 2.39. The lowest BCUT2D eigenvalue weighted by Gasteiger charge is -2.16. The summed E-state index contributed by atoms with van der Waals surface area (Å²) >= 11 is 0. The summed E-state index contributed by atoms with van der Waals surface area (Å²) in [7, 11) is 0. The molecule has 0 radical (unpaired) electrons. The van der Waals surface area contributed by atoms with Crippen LogP contribution in [0, 0.1) is 11.8 Å². The van der Waals surface area contributed by atoms with Gasteiger partial charge in [0.25, 0.3) is 0 Å². The van der Waals surface area contributed by atoms with Crippen molar-refractivity contribution in [3.05, 3.63) is 46.3 Å². The van der Waals surface area contributed by atoms with Crippen molar-refractivity contribution in [2.45, 2.75) is 6.92 Å². The topological polar surface area (TPSA) is 109 Å². The first-order chi connectivity index (χ1) is 8.67. The summed E-state index contributed by atoms with van der Waals surface area (Å²) in [4.78, 5) is 26.7. The molecule has 1 saturated heterocycles. The minimum Gasteiger partial charge on any atom is -0.345 e. The average Bonchev–Trinajstić information content (AvgIpc) is 2.75. The summed E-state index contributed by atoms with van der Waals surface area (Å²) in [5, 5.41) is 3.92. The van der Waals surface area contributed by atoms with E-state index in [1.807, 2.05) is 19.1 Å². The number of hydrogen-bond acceptors (Lipinski definition) is 8. The van der Waals surface area contributed by atoms with Gasteiger partial charge in [-0.05, 0) is 24.2 Å². The number of nitrogens with zero attached hydrogens (tertiary/aromatic N) is 2. The molecule has 0 atom stereocenters. The first-order valence-corrected chi connectivity index (χ1v) is 5.05. The number of anilines is 1. The van der Waals surface area contributed by atoms with Crippen LogP contribution >= 0.6 is 0 Å². The van der Waals surface area contributed by atoms with Crippen molar-refractivity contribution in [1.29, 1.82) is 0 Å². The van der Waals surface area contributed by atoms with Crippen molar-refractivity contribution >= 4 is 11.7 Å². The Morgan fingerprint density at radius 2 is 2.11 bits per heavy atom. The number of hydrogen-bond donors (Lipinski definition) is 3. The summed E-state index contributed by atoms with van der Waals surface area (Å²) in [6, 6.07) is 7.20. The van der Waals surface area contributed by atoms with Crippen molar-refractivity contribution < 1.29 is 9.63 Å². The van der Waals surface area contributed by atoms with Gasteiger partial charge in [-0.2, -0.15) is 0 Å². The molecule has 1 aromatic rings. The molecule has 0 bridgehead atoms. The van der Waals surface area contributed by atoms with Gasteiger partial charge in [0.1, 0.15) is 0 Å². The molecule has 2 rings (SSSR count). The van der Waals surface area contributed by atoms with Crippen LogP contribution in [0.3, 0.4) is 0 Å². The summed E-state index contributed by atoms with van der Waals surface area (Å²) in [6.07, 6.45) is 0. The van der Waals surface area contributed by atoms with E-state index in [-0.39, 0.29) is 11.5 Å². The zero-order valence-corrected chi connectivity index (χ0v) is 9.51. The highest BCUT2D eigenvalue weighted by Crippen LogP contribution is 2.23. The Labute approximate surface area is 102 Å². The molecule has 0 spiro atoms. The lowest BCUT2D eigenvalue weighted by Crippen LogP contribution is -2.32. The van der Waals surface area contributed by atoms with Crippen molar-refractivity contribution in [3.63, 3.8) is 0 Å². The highest BCUT2D eigenvalue weighted by atomic mass is 16.7. The van der Waals surface area contributed by atoms with Gasteiger partial charge in [0.05, 0.1) is 5.69 Å². The lowest BCUT2D eigenvalue weighted by molar-refractivity contribution is -0.140. The molecule has 94 valence electrons. The van der Waals surface area contributed by atoms with Crippen LogP contribution in [0.1, 0.15) is 5.56 Å². The van der Waals surface area contributed by atoms with Crippen molar-refractivity contribution in [2.24, 2.45) is 11.0 Å². The maximum Gasteiger partial charge on any atom is 0.380 e. The highest BCUT2D eigenvalue weighted by Gasteiger charge is 2.33. The van der Waals surface area contributed by atoms with Gasteiger partial charge < -0.3 is 10.3 Å². The number of hydrazine groups is 2. The highest BCUT2D eigenvalue weighted by molar-refractivity contribution is 5.95. The maximum atomic E-state index is 11.5. The van der Waals surface area contributed by atoms with Gasteiger partial charge >= 0.3 is 5.97 Å². The smallest absolute Gasteiger partial charge is 0.345 e. The Hall–Kier alpha value is -2.45. The Kier molecular flexibility index (Phi) is 3.22. The van der Waals surface area contributed by atoms with Gasteiger partial charge in [-0.3, -0.25) is 0 Å². The summed E-state index contributed by atoms with van der Waals surface area (Å²) in [6.45, 7) is 1.93. The van der Waals surface area contributed by atoms with E-state index in [0.717, 1.165) is 5.56 Å². The molecule has 1 aliphatic heterocycles. The van der Waals surface area contributed by atoms with E-state index < -0.39 is 5.97 Å². The predicted molar refractivity (Wildman–Crippen MR) is 63.0 cm³/mol. The normalized spacial score (nSPS) is 17.4. The molecule has 1 aliphatic rings. The van der Waals surface area contributed by atoms with Crippen LogP contribution in [0.4, 0.5) is 5.69 Å². The van der Waals surface area contributed by atoms with Gasteiger partial charge in [0.2, 0.25) is 5.82 Å². The second-order valence-electron chi connectivity index (χ2n) is 3.58. The third-order valence-corrected chi connectivity index (χ3v) is 2.39. The fraction of sp³-hybridized carbons (Fsp3) is 0.100. The number of rotatable bonds is 3. The van der Waals surface area contributed by atoms with Gasteiger partial charge in [-0.15, -0.1) is 4.91 Å². The van der Waals surface area contributed by atoms with E-state index in [2.05, 4.69) is 21.0 Å². The zero-order chi connectivity index (χ0) is 13.1. The minimum absolute atomic E-state index is 0.101. The Balaban J connectivity index is 2.44. The number of benzene rings is 1. The molecule has 1 fully saturated rings. The van der Waals surface area contributed by atoms with Gasteiger partial charge in [-0.25, -0.2) is 15.6 Å². The Morgan fingerprint density at radius 1 is 1.44 bits per heavy atom. The van der Waals surface area contributed by atoms with Crippen LogP contribution in [0.15, 0.2) is 41.0 Å². The summed E-state index contributed by atoms with van der Waals surface area (Å²) < 4.78 is 0. The van der Waals surface area contributed by atoms with Crippen LogP contribution < -0.4 is 21.9 Å². The summed E-state index contributed by atoms with van der Waals surface area (Å²) in [5.74, 6) is 4.06. The van der Waals surface area contributed by atoms with E-state index in [9.17, 15) is 9.70 Å². The first kappa shape index (κ1) is 12.0. The Morgan fingerprint density at radius 3 is 2.67 bits per heavy atom. The maximum absolute atomic E-state index is 11.5. The second kappa shape index (κ2) is 4.82. The average molecular weight is 249 g/mol. The van der Waals surface area contributed by atoms with Crippen molar-refractivity contribution in [2.75, 3.05) is 5.01 Å². The lowest BCUT2D eigenvalue weighted by atomic mass is 10.2. The number of nitrogens with two attached hydrogens (primary N) is 1.